The zero-order chi connectivity index (χ0) is 17.8. The third-order valence-corrected chi connectivity index (χ3v) is 5.87. The summed E-state index contributed by atoms with van der Waals surface area (Å²) in [4.78, 5) is 14.8. The number of hydrogen-bond acceptors (Lipinski definition) is 5. The van der Waals surface area contributed by atoms with Crippen molar-refractivity contribution in [1.82, 2.24) is 25.3 Å². The van der Waals surface area contributed by atoms with Gasteiger partial charge in [-0.2, -0.15) is 5.10 Å². The predicted octanol–water partition coefficient (Wildman–Crippen LogP) is 1.03. The van der Waals surface area contributed by atoms with E-state index >= 15 is 0 Å². The molecule has 2 fully saturated rings. The van der Waals surface area contributed by atoms with Gasteiger partial charge in [-0.15, -0.1) is 0 Å². The summed E-state index contributed by atoms with van der Waals surface area (Å²) in [5.74, 6) is 0.0582. The molecule has 1 amide bonds. The standard InChI is InChI=1S/C19H31N5O2/c25-19(11-16-14-26-9-6-20-16)21-12-15-10-18-13-23(7-8-24(18)22-15)17-4-2-1-3-5-17/h10,16-17,20H,1-9,11-14H2,(H,21,25)/t16-/m0/s1. The van der Waals surface area contributed by atoms with Crippen molar-refractivity contribution in [2.45, 2.75) is 70.2 Å². The maximum absolute atomic E-state index is 12.1. The number of ether oxygens (including phenoxy) is 1. The summed E-state index contributed by atoms with van der Waals surface area (Å²) in [5.41, 5.74) is 2.25. The molecule has 4 rings (SSSR count). The Hall–Kier alpha value is -1.44. The van der Waals surface area contributed by atoms with Gasteiger partial charge in [0.2, 0.25) is 5.91 Å². The minimum absolute atomic E-state index is 0.0582. The third-order valence-electron chi connectivity index (χ3n) is 5.87. The summed E-state index contributed by atoms with van der Waals surface area (Å²) in [7, 11) is 0. The quantitative estimate of drug-likeness (QED) is 0.820. The van der Waals surface area contributed by atoms with Crippen LogP contribution in [0.4, 0.5) is 0 Å². The predicted molar refractivity (Wildman–Crippen MR) is 98.6 cm³/mol. The van der Waals surface area contributed by atoms with E-state index in [-0.39, 0.29) is 11.9 Å². The van der Waals surface area contributed by atoms with Gasteiger partial charge in [0.05, 0.1) is 37.7 Å². The highest BCUT2D eigenvalue weighted by molar-refractivity contribution is 5.76. The Bertz CT molecular complexity index is 605. The summed E-state index contributed by atoms with van der Waals surface area (Å²) < 4.78 is 7.52. The topological polar surface area (TPSA) is 71.4 Å². The average molecular weight is 361 g/mol. The monoisotopic (exact) mass is 361 g/mol. The van der Waals surface area contributed by atoms with Crippen molar-refractivity contribution in [3.63, 3.8) is 0 Å². The first-order valence-electron chi connectivity index (χ1n) is 10.2. The SMILES string of the molecule is O=C(C[C@H]1COCCN1)NCc1cc2n(n1)CCN(C1CCCCC1)C2. The molecular formula is C19H31N5O2. The van der Waals surface area contributed by atoms with Crippen molar-refractivity contribution < 1.29 is 9.53 Å². The fourth-order valence-corrected chi connectivity index (χ4v) is 4.43. The Balaban J connectivity index is 1.27. The third kappa shape index (κ3) is 4.45. The summed E-state index contributed by atoms with van der Waals surface area (Å²) >= 11 is 0. The van der Waals surface area contributed by atoms with E-state index in [2.05, 4.69) is 31.4 Å². The van der Waals surface area contributed by atoms with Crippen LogP contribution in [0.5, 0.6) is 0 Å². The van der Waals surface area contributed by atoms with Gasteiger partial charge in [-0.05, 0) is 18.9 Å². The second-order valence-corrected chi connectivity index (χ2v) is 7.82. The molecule has 7 heteroatoms. The Labute approximate surface area is 155 Å². The minimum Gasteiger partial charge on any atom is -0.378 e. The molecule has 1 saturated carbocycles. The molecule has 1 saturated heterocycles. The maximum Gasteiger partial charge on any atom is 0.221 e. The second kappa shape index (κ2) is 8.50. The van der Waals surface area contributed by atoms with Gasteiger partial charge in [0.1, 0.15) is 0 Å². The molecule has 0 spiro atoms. The van der Waals surface area contributed by atoms with Gasteiger partial charge in [0.25, 0.3) is 0 Å². The maximum atomic E-state index is 12.1. The van der Waals surface area contributed by atoms with Gasteiger partial charge >= 0.3 is 0 Å². The zero-order valence-electron chi connectivity index (χ0n) is 15.6. The molecule has 0 unspecified atom stereocenters. The Morgan fingerprint density at radius 1 is 1.31 bits per heavy atom. The lowest BCUT2D eigenvalue weighted by Crippen LogP contribution is -2.44. The van der Waals surface area contributed by atoms with Gasteiger partial charge in [-0.25, -0.2) is 0 Å². The molecule has 1 atom stereocenters. The van der Waals surface area contributed by atoms with Crippen LogP contribution in [-0.2, 0) is 29.2 Å². The lowest BCUT2D eigenvalue weighted by Gasteiger charge is -2.36. The van der Waals surface area contributed by atoms with E-state index < -0.39 is 0 Å². The number of amides is 1. The second-order valence-electron chi connectivity index (χ2n) is 7.82. The van der Waals surface area contributed by atoms with E-state index in [0.717, 1.165) is 44.5 Å². The molecule has 0 bridgehead atoms. The fourth-order valence-electron chi connectivity index (χ4n) is 4.43. The molecule has 1 aromatic heterocycles. The molecule has 2 aliphatic heterocycles. The summed E-state index contributed by atoms with van der Waals surface area (Å²) in [5, 5.41) is 11.0. The molecule has 144 valence electrons. The van der Waals surface area contributed by atoms with E-state index in [1.165, 1.54) is 37.8 Å². The van der Waals surface area contributed by atoms with E-state index in [9.17, 15) is 4.79 Å². The normalized spacial score (nSPS) is 25.0. The van der Waals surface area contributed by atoms with Crippen LogP contribution < -0.4 is 10.6 Å². The van der Waals surface area contributed by atoms with Crippen molar-refractivity contribution in [3.8, 4) is 0 Å². The van der Waals surface area contributed by atoms with E-state index in [1.54, 1.807) is 0 Å². The van der Waals surface area contributed by atoms with E-state index in [1.807, 2.05) is 0 Å². The molecule has 0 aromatic carbocycles. The Kier molecular flexibility index (Phi) is 5.87. The van der Waals surface area contributed by atoms with E-state index in [4.69, 9.17) is 4.74 Å². The highest BCUT2D eigenvalue weighted by Gasteiger charge is 2.26. The van der Waals surface area contributed by atoms with Crippen LogP contribution >= 0.6 is 0 Å². The lowest BCUT2D eigenvalue weighted by atomic mass is 9.94. The molecule has 2 N–H and O–H groups in total. The summed E-state index contributed by atoms with van der Waals surface area (Å²) in [6.07, 6.45) is 7.29. The highest BCUT2D eigenvalue weighted by Crippen LogP contribution is 2.26. The fraction of sp³-hybridized carbons (Fsp3) is 0.789. The first-order valence-corrected chi connectivity index (χ1v) is 10.2. The molecular weight excluding hydrogens is 330 g/mol. The lowest BCUT2D eigenvalue weighted by molar-refractivity contribution is -0.122. The average Bonchev–Trinajstić information content (AvgIpc) is 3.10. The van der Waals surface area contributed by atoms with Gasteiger partial charge < -0.3 is 15.4 Å². The molecule has 7 nitrogen and oxygen atoms in total. The van der Waals surface area contributed by atoms with Crippen molar-refractivity contribution in [2.24, 2.45) is 0 Å². The summed E-state index contributed by atoms with van der Waals surface area (Å²) in [6, 6.07) is 3.04. The highest BCUT2D eigenvalue weighted by atomic mass is 16.5. The van der Waals surface area contributed by atoms with Crippen LogP contribution in [0.1, 0.15) is 49.9 Å². The number of nitrogens with one attached hydrogen (secondary N) is 2. The smallest absolute Gasteiger partial charge is 0.221 e. The van der Waals surface area contributed by atoms with Crippen molar-refractivity contribution in [3.05, 3.63) is 17.5 Å². The largest absolute Gasteiger partial charge is 0.378 e. The van der Waals surface area contributed by atoms with Gasteiger partial charge in [0.15, 0.2) is 0 Å². The van der Waals surface area contributed by atoms with Gasteiger partial charge in [-0.1, -0.05) is 19.3 Å². The van der Waals surface area contributed by atoms with Crippen LogP contribution in [0.3, 0.4) is 0 Å². The molecule has 1 aliphatic carbocycles. The number of aromatic nitrogens is 2. The van der Waals surface area contributed by atoms with E-state index in [0.29, 0.717) is 19.6 Å². The van der Waals surface area contributed by atoms with Crippen molar-refractivity contribution in [1.29, 1.82) is 0 Å². The Morgan fingerprint density at radius 2 is 2.19 bits per heavy atom. The van der Waals surface area contributed by atoms with Crippen LogP contribution in [0.15, 0.2) is 6.07 Å². The van der Waals surface area contributed by atoms with Crippen molar-refractivity contribution >= 4 is 5.91 Å². The molecule has 3 heterocycles. The molecule has 1 aromatic rings. The van der Waals surface area contributed by atoms with Crippen LogP contribution in [0.2, 0.25) is 0 Å². The first kappa shape index (κ1) is 17.9. The number of rotatable bonds is 5. The Morgan fingerprint density at radius 3 is 3.00 bits per heavy atom. The van der Waals surface area contributed by atoms with Gasteiger partial charge in [0, 0.05) is 38.1 Å². The number of hydrogen-bond donors (Lipinski definition) is 2. The van der Waals surface area contributed by atoms with Gasteiger partial charge in [-0.3, -0.25) is 14.4 Å². The first-order chi connectivity index (χ1) is 12.8. The zero-order valence-corrected chi connectivity index (χ0v) is 15.6. The van der Waals surface area contributed by atoms with Crippen LogP contribution in [0, 0.1) is 0 Å². The minimum atomic E-state index is 0.0582. The number of carbonyl (C=O) groups excluding carboxylic acids is 1. The molecule has 3 aliphatic rings. The number of morpholine rings is 1. The summed E-state index contributed by atoms with van der Waals surface area (Å²) in [6.45, 7) is 5.73. The van der Waals surface area contributed by atoms with Crippen LogP contribution in [0.25, 0.3) is 0 Å². The number of fused-ring (bicyclic) bond motifs is 1. The number of carbonyl (C=O) groups is 1. The van der Waals surface area contributed by atoms with Crippen molar-refractivity contribution in [2.75, 3.05) is 26.3 Å². The molecule has 0 radical (unpaired) electrons. The molecule has 26 heavy (non-hydrogen) atoms. The van der Waals surface area contributed by atoms with Crippen LogP contribution in [-0.4, -0.2) is 59.0 Å². The number of nitrogens with zero attached hydrogens (tertiary/aromatic N) is 3.